The number of hydrogen-bond acceptors (Lipinski definition) is 6. The van der Waals surface area contributed by atoms with E-state index in [0.717, 1.165) is 10.6 Å². The van der Waals surface area contributed by atoms with Crippen LogP contribution < -0.4 is 21.3 Å². The first-order valence-corrected chi connectivity index (χ1v) is 6.68. The summed E-state index contributed by atoms with van der Waals surface area (Å²) in [6.45, 7) is 0. The highest BCUT2D eigenvalue weighted by Crippen LogP contribution is 2.28. The summed E-state index contributed by atoms with van der Waals surface area (Å²) in [7, 11) is 1.28. The lowest BCUT2D eigenvalue weighted by Crippen LogP contribution is -2.25. The van der Waals surface area contributed by atoms with E-state index in [-0.39, 0.29) is 33.9 Å². The largest absolute Gasteiger partial charge is 0.496 e. The predicted octanol–water partition coefficient (Wildman–Crippen LogP) is 0.0101. The molecule has 0 saturated heterocycles. The molecule has 4 N–H and O–H groups in total. The average molecular weight is 329 g/mol. The first-order valence-electron chi connectivity index (χ1n) is 6.68. The lowest BCUT2D eigenvalue weighted by molar-refractivity contribution is 0.0692. The fraction of sp³-hybridized carbons (Fsp3) is 0.0667. The number of nitrogens with zero attached hydrogens (tertiary/aromatic N) is 1. The minimum absolute atomic E-state index is 0.0207. The molecule has 9 heteroatoms. The van der Waals surface area contributed by atoms with E-state index in [1.165, 1.54) is 25.3 Å². The highest BCUT2D eigenvalue weighted by molar-refractivity contribution is 6.23. The highest BCUT2D eigenvalue weighted by atomic mass is 16.5. The average Bonchev–Trinajstić information content (AvgIpc) is 2.81. The van der Waals surface area contributed by atoms with Crippen LogP contribution in [0.25, 0.3) is 5.69 Å². The first kappa shape index (κ1) is 15.3. The number of amides is 2. The van der Waals surface area contributed by atoms with Gasteiger partial charge >= 0.3 is 5.97 Å². The summed E-state index contributed by atoms with van der Waals surface area (Å²) in [6.07, 6.45) is 0. The second kappa shape index (κ2) is 5.23. The number of nitrogen functional groups attached to an aromatic ring is 1. The zero-order valence-electron chi connectivity index (χ0n) is 12.3. The molecule has 0 aliphatic carbocycles. The van der Waals surface area contributed by atoms with E-state index < -0.39 is 23.3 Å². The van der Waals surface area contributed by atoms with Gasteiger partial charge in [0.25, 0.3) is 17.4 Å². The van der Waals surface area contributed by atoms with Gasteiger partial charge in [-0.1, -0.05) is 6.07 Å². The van der Waals surface area contributed by atoms with Crippen LogP contribution in [-0.4, -0.2) is 34.6 Å². The number of carbonyl (C=O) groups excluding carboxylic acids is 2. The van der Waals surface area contributed by atoms with Crippen molar-refractivity contribution in [2.45, 2.75) is 0 Å². The maximum atomic E-state index is 12.4. The monoisotopic (exact) mass is 329 g/mol. The number of pyridine rings is 1. The van der Waals surface area contributed by atoms with E-state index >= 15 is 0 Å². The van der Waals surface area contributed by atoms with Gasteiger partial charge in [-0.2, -0.15) is 0 Å². The van der Waals surface area contributed by atoms with Crippen LogP contribution in [0.15, 0.2) is 29.1 Å². The maximum absolute atomic E-state index is 12.4. The molecule has 24 heavy (non-hydrogen) atoms. The Morgan fingerprint density at radius 2 is 1.96 bits per heavy atom. The molecule has 1 aliphatic rings. The van der Waals surface area contributed by atoms with E-state index in [4.69, 9.17) is 10.5 Å². The van der Waals surface area contributed by atoms with Gasteiger partial charge in [-0.15, -0.1) is 0 Å². The number of aromatic nitrogens is 1. The van der Waals surface area contributed by atoms with Gasteiger partial charge in [-0.25, -0.2) is 4.79 Å². The van der Waals surface area contributed by atoms with Crippen LogP contribution in [0.2, 0.25) is 0 Å². The summed E-state index contributed by atoms with van der Waals surface area (Å²) in [5, 5.41) is 11.5. The van der Waals surface area contributed by atoms with Crippen molar-refractivity contribution in [1.29, 1.82) is 0 Å². The SMILES string of the molecule is COc1cccc(-n2c(N)c3c(cc2=O)C(=O)NC3=O)c1C(=O)O. The quantitative estimate of drug-likeness (QED) is 0.674. The molecule has 2 amide bonds. The number of imide groups is 1. The molecule has 0 atom stereocenters. The van der Waals surface area contributed by atoms with Crippen molar-refractivity contribution in [2.24, 2.45) is 0 Å². The van der Waals surface area contributed by atoms with Crippen LogP contribution >= 0.6 is 0 Å². The third-order valence-electron chi connectivity index (χ3n) is 3.63. The molecule has 2 heterocycles. The first-order chi connectivity index (χ1) is 11.4. The van der Waals surface area contributed by atoms with Crippen LogP contribution in [-0.2, 0) is 0 Å². The number of anilines is 1. The second-order valence-electron chi connectivity index (χ2n) is 4.93. The summed E-state index contributed by atoms with van der Waals surface area (Å²) < 4.78 is 5.87. The lowest BCUT2D eigenvalue weighted by atomic mass is 10.1. The molecule has 0 unspecified atom stereocenters. The van der Waals surface area contributed by atoms with Gasteiger partial charge in [0.2, 0.25) is 0 Å². The second-order valence-corrected chi connectivity index (χ2v) is 4.93. The standard InChI is InChI=1S/C15H11N3O6/c1-24-8-4-2-3-7(11(8)15(22)23)18-9(19)5-6-10(12(18)16)14(21)17-13(6)20/h2-5H,16H2,1H3,(H,22,23)(H,17,20,21). The number of ether oxygens (including phenoxy) is 1. The molecule has 0 spiro atoms. The van der Waals surface area contributed by atoms with Crippen LogP contribution in [0.1, 0.15) is 31.1 Å². The molecule has 0 saturated carbocycles. The van der Waals surface area contributed by atoms with Crippen molar-refractivity contribution in [2.75, 3.05) is 12.8 Å². The Morgan fingerprint density at radius 1 is 1.25 bits per heavy atom. The normalized spacial score (nSPS) is 12.7. The number of hydrogen-bond donors (Lipinski definition) is 3. The molecule has 0 fully saturated rings. The zero-order chi connectivity index (χ0) is 17.6. The van der Waals surface area contributed by atoms with Crippen LogP contribution in [0.4, 0.5) is 5.82 Å². The molecular formula is C15H11N3O6. The molecule has 122 valence electrons. The molecule has 1 aromatic carbocycles. The fourth-order valence-corrected chi connectivity index (χ4v) is 2.62. The van der Waals surface area contributed by atoms with Crippen molar-refractivity contribution in [3.8, 4) is 11.4 Å². The van der Waals surface area contributed by atoms with Gasteiger partial charge in [0, 0.05) is 6.07 Å². The highest BCUT2D eigenvalue weighted by Gasteiger charge is 2.32. The number of benzene rings is 1. The molecule has 2 aromatic rings. The number of carboxylic acid groups (broad SMARTS) is 1. The number of aromatic carboxylic acids is 1. The molecule has 9 nitrogen and oxygen atoms in total. The Labute approximate surface area is 134 Å². The Kier molecular flexibility index (Phi) is 3.33. The number of nitrogens with one attached hydrogen (secondary N) is 1. The summed E-state index contributed by atoms with van der Waals surface area (Å²) >= 11 is 0. The van der Waals surface area contributed by atoms with E-state index in [1.807, 2.05) is 5.32 Å². The van der Waals surface area contributed by atoms with E-state index in [0.29, 0.717) is 0 Å². The van der Waals surface area contributed by atoms with Crippen molar-refractivity contribution < 1.29 is 24.2 Å². The van der Waals surface area contributed by atoms with Crippen LogP contribution in [0.5, 0.6) is 5.75 Å². The summed E-state index contributed by atoms with van der Waals surface area (Å²) in [6, 6.07) is 5.19. The molecule has 1 aromatic heterocycles. The minimum atomic E-state index is -1.34. The van der Waals surface area contributed by atoms with E-state index in [1.54, 1.807) is 0 Å². The van der Waals surface area contributed by atoms with Crippen molar-refractivity contribution >= 4 is 23.6 Å². The number of rotatable bonds is 3. The van der Waals surface area contributed by atoms with Crippen LogP contribution in [0, 0.1) is 0 Å². The molecule has 1 aliphatic heterocycles. The Bertz CT molecular complexity index is 976. The Balaban J connectivity index is 2.40. The molecule has 0 radical (unpaired) electrons. The predicted molar refractivity (Wildman–Crippen MR) is 81.8 cm³/mol. The number of fused-ring (bicyclic) bond motifs is 1. The number of nitrogens with two attached hydrogens (primary N) is 1. The topological polar surface area (TPSA) is 141 Å². The third-order valence-corrected chi connectivity index (χ3v) is 3.63. The summed E-state index contributed by atoms with van der Waals surface area (Å²) in [5.41, 5.74) is 4.48. The lowest BCUT2D eigenvalue weighted by Gasteiger charge is -2.15. The van der Waals surface area contributed by atoms with Gasteiger partial charge in [-0.05, 0) is 12.1 Å². The van der Waals surface area contributed by atoms with Crippen molar-refractivity contribution in [3.05, 3.63) is 51.3 Å². The minimum Gasteiger partial charge on any atom is -0.496 e. The van der Waals surface area contributed by atoms with Crippen molar-refractivity contribution in [3.63, 3.8) is 0 Å². The van der Waals surface area contributed by atoms with Crippen LogP contribution in [0.3, 0.4) is 0 Å². The number of methoxy groups -OCH3 is 1. The zero-order valence-corrected chi connectivity index (χ0v) is 12.3. The van der Waals surface area contributed by atoms with Gasteiger partial charge < -0.3 is 15.6 Å². The summed E-state index contributed by atoms with van der Waals surface area (Å²) in [4.78, 5) is 47.5. The van der Waals surface area contributed by atoms with Gasteiger partial charge in [-0.3, -0.25) is 24.3 Å². The van der Waals surface area contributed by atoms with Gasteiger partial charge in [0.15, 0.2) is 0 Å². The number of carbonyl (C=O) groups is 3. The molecular weight excluding hydrogens is 318 g/mol. The Hall–Kier alpha value is -3.62. The van der Waals surface area contributed by atoms with Crippen molar-refractivity contribution in [1.82, 2.24) is 9.88 Å². The smallest absolute Gasteiger partial charge is 0.341 e. The number of carboxylic acids is 1. The van der Waals surface area contributed by atoms with Gasteiger partial charge in [0.05, 0.1) is 23.9 Å². The van der Waals surface area contributed by atoms with E-state index in [2.05, 4.69) is 0 Å². The summed E-state index contributed by atoms with van der Waals surface area (Å²) in [5.74, 6) is -3.12. The van der Waals surface area contributed by atoms with E-state index in [9.17, 15) is 24.3 Å². The molecule has 0 bridgehead atoms. The van der Waals surface area contributed by atoms with Gasteiger partial charge in [0.1, 0.15) is 17.1 Å². The fourth-order valence-electron chi connectivity index (χ4n) is 2.62. The third kappa shape index (κ3) is 2.02. The molecule has 3 rings (SSSR count). The Morgan fingerprint density at radius 3 is 2.58 bits per heavy atom. The maximum Gasteiger partial charge on any atom is 0.341 e.